The summed E-state index contributed by atoms with van der Waals surface area (Å²) in [4.78, 5) is 0.200. The van der Waals surface area contributed by atoms with Gasteiger partial charge in [0.15, 0.2) is 0 Å². The summed E-state index contributed by atoms with van der Waals surface area (Å²) in [6.07, 6.45) is 0.373. The van der Waals surface area contributed by atoms with Crippen LogP contribution in [0.3, 0.4) is 0 Å². The average molecular weight is 902 g/mol. The number of hydrogen-bond acceptors (Lipinski definition) is 4. The Hall–Kier alpha value is 0.840. The molecule has 0 bridgehead atoms. The largest absolute Gasteiger partial charge is 0.490 e. The van der Waals surface area contributed by atoms with Crippen molar-refractivity contribution >= 4 is 95.6 Å². The van der Waals surface area contributed by atoms with Gasteiger partial charge in [0.2, 0.25) is 0 Å². The summed E-state index contributed by atoms with van der Waals surface area (Å²) < 4.78 is 27.1. The minimum atomic E-state index is -0.292. The highest BCUT2D eigenvalue weighted by Crippen LogP contribution is 2.44. The number of alkyl halides is 2. The van der Waals surface area contributed by atoms with Gasteiger partial charge >= 0.3 is 0 Å². The van der Waals surface area contributed by atoms with Crippen LogP contribution in [-0.4, -0.2) is 48.3 Å². The van der Waals surface area contributed by atoms with Crippen LogP contribution in [-0.2, 0) is 14.9 Å². The molecule has 4 nitrogen and oxygen atoms in total. The second-order valence-electron chi connectivity index (χ2n) is 9.74. The van der Waals surface area contributed by atoms with Crippen LogP contribution in [0.15, 0.2) is 42.2 Å². The average Bonchev–Trinajstić information content (AvgIpc) is 2.79. The van der Waals surface area contributed by atoms with Crippen molar-refractivity contribution in [2.45, 2.75) is 68.8 Å². The molecule has 2 aromatic carbocycles. The number of halogens is 6. The van der Waals surface area contributed by atoms with Gasteiger partial charge in [0.05, 0.1) is 53.0 Å². The summed E-state index contributed by atoms with van der Waals surface area (Å²) in [6, 6.07) is 8.46. The van der Waals surface area contributed by atoms with Crippen LogP contribution in [0.25, 0.3) is 0 Å². The first-order valence-electron chi connectivity index (χ1n) is 12.0. The molecule has 2 aromatic rings. The van der Waals surface area contributed by atoms with Crippen molar-refractivity contribution in [1.82, 2.24) is 0 Å². The lowest BCUT2D eigenvalue weighted by molar-refractivity contribution is 0.0735. The molecule has 0 aliphatic rings. The molecule has 2 atom stereocenters. The summed E-state index contributed by atoms with van der Waals surface area (Å²) in [5.41, 5.74) is 1.98. The van der Waals surface area contributed by atoms with Crippen molar-refractivity contribution in [2.24, 2.45) is 0 Å². The summed E-state index contributed by atoms with van der Waals surface area (Å²) >= 11 is 22.1. The van der Waals surface area contributed by atoms with Crippen LogP contribution in [0.4, 0.5) is 0 Å². The summed E-state index contributed by atoms with van der Waals surface area (Å²) in [5.74, 6) is 1.54. The minimum Gasteiger partial charge on any atom is -0.490 e. The van der Waals surface area contributed by atoms with Crippen LogP contribution < -0.4 is 9.47 Å². The molecule has 0 spiro atoms. The highest BCUT2D eigenvalue weighted by atomic mass is 79.9. The fourth-order valence-electron chi connectivity index (χ4n) is 3.32. The second-order valence-corrected chi connectivity index (χ2v) is 15.8. The Morgan fingerprint density at radius 3 is 1.16 bits per heavy atom. The maximum atomic E-state index is 6.10. The van der Waals surface area contributed by atoms with Crippen LogP contribution >= 0.6 is 95.6 Å². The fourth-order valence-corrected chi connectivity index (χ4v) is 6.72. The smallest absolute Gasteiger partial charge is 0.147 e. The van der Waals surface area contributed by atoms with Crippen molar-refractivity contribution in [3.8, 4) is 11.5 Å². The zero-order valence-electron chi connectivity index (χ0n) is 21.8. The predicted octanol–water partition coefficient (Wildman–Crippen LogP) is 10.2. The SMILES string of the molecule is CC(C)OCC(Br)COc1c(Br)cc(C(C)(C)c2cc(Br)c(OCC(Br)COC(C)C)c(Br)c2)cc1Br. The Bertz CT molecular complexity index is 902. The predicted molar refractivity (Wildman–Crippen MR) is 174 cm³/mol. The van der Waals surface area contributed by atoms with Crippen molar-refractivity contribution in [2.75, 3.05) is 26.4 Å². The molecule has 208 valence electrons. The first-order chi connectivity index (χ1) is 17.2. The molecule has 0 saturated heterocycles. The third-order valence-electron chi connectivity index (χ3n) is 5.48. The number of benzene rings is 2. The molecule has 0 fully saturated rings. The molecule has 0 aromatic heterocycles. The summed E-state index contributed by atoms with van der Waals surface area (Å²) in [6.45, 7) is 14.7. The van der Waals surface area contributed by atoms with E-state index in [9.17, 15) is 0 Å². The van der Waals surface area contributed by atoms with E-state index in [-0.39, 0.29) is 27.3 Å². The minimum absolute atomic E-state index is 0.0998. The van der Waals surface area contributed by atoms with E-state index in [1.807, 2.05) is 27.7 Å². The Labute approximate surface area is 272 Å². The van der Waals surface area contributed by atoms with E-state index in [0.29, 0.717) is 26.4 Å². The first kappa shape index (κ1) is 34.0. The van der Waals surface area contributed by atoms with E-state index in [1.54, 1.807) is 0 Å². The van der Waals surface area contributed by atoms with Gasteiger partial charge in [-0.2, -0.15) is 0 Å². The van der Waals surface area contributed by atoms with Gasteiger partial charge in [0, 0.05) is 5.41 Å². The van der Waals surface area contributed by atoms with E-state index in [0.717, 1.165) is 40.5 Å². The summed E-state index contributed by atoms with van der Waals surface area (Å²) in [7, 11) is 0. The maximum absolute atomic E-state index is 6.10. The third kappa shape index (κ3) is 10.6. The van der Waals surface area contributed by atoms with Crippen molar-refractivity contribution in [1.29, 1.82) is 0 Å². The highest BCUT2D eigenvalue weighted by Gasteiger charge is 2.27. The van der Waals surface area contributed by atoms with Crippen molar-refractivity contribution in [3.05, 3.63) is 53.3 Å². The number of rotatable bonds is 14. The molecule has 0 radical (unpaired) electrons. The third-order valence-corrected chi connectivity index (χ3v) is 8.89. The van der Waals surface area contributed by atoms with Gasteiger partial charge in [-0.3, -0.25) is 0 Å². The summed E-state index contributed by atoms with van der Waals surface area (Å²) in [5, 5.41) is 0. The van der Waals surface area contributed by atoms with Gasteiger partial charge in [0.1, 0.15) is 24.7 Å². The molecule has 0 saturated carbocycles. The van der Waals surface area contributed by atoms with E-state index in [1.165, 1.54) is 0 Å². The molecule has 0 amide bonds. The lowest BCUT2D eigenvalue weighted by atomic mass is 9.78. The van der Waals surface area contributed by atoms with Crippen LogP contribution in [0, 0.1) is 0 Å². The number of ether oxygens (including phenoxy) is 4. The Morgan fingerprint density at radius 2 is 0.892 bits per heavy atom. The molecule has 0 heterocycles. The van der Waals surface area contributed by atoms with E-state index >= 15 is 0 Å². The van der Waals surface area contributed by atoms with E-state index < -0.39 is 0 Å². The Kier molecular flexibility index (Phi) is 14.5. The zero-order valence-corrected chi connectivity index (χ0v) is 31.4. The lowest BCUT2D eigenvalue weighted by Crippen LogP contribution is -2.22. The molecule has 10 heteroatoms. The molecule has 0 N–H and O–H groups in total. The quantitative estimate of drug-likeness (QED) is 0.177. The number of hydrogen-bond donors (Lipinski definition) is 0. The molecule has 2 rings (SSSR count). The van der Waals surface area contributed by atoms with Gasteiger partial charge in [-0.05, 0) is 127 Å². The van der Waals surface area contributed by atoms with E-state index in [2.05, 4.69) is 134 Å². The molecule has 0 aliphatic carbocycles. The molecule has 37 heavy (non-hydrogen) atoms. The van der Waals surface area contributed by atoms with Gasteiger partial charge in [-0.1, -0.05) is 45.7 Å². The molecular formula is C27H34Br6O4. The van der Waals surface area contributed by atoms with Gasteiger partial charge < -0.3 is 18.9 Å². The van der Waals surface area contributed by atoms with Gasteiger partial charge in [-0.15, -0.1) is 0 Å². The molecule has 0 aliphatic heterocycles. The monoisotopic (exact) mass is 896 g/mol. The second kappa shape index (κ2) is 15.7. The van der Waals surface area contributed by atoms with Crippen LogP contribution in [0.1, 0.15) is 52.7 Å². The van der Waals surface area contributed by atoms with Crippen LogP contribution in [0.5, 0.6) is 11.5 Å². The lowest BCUT2D eigenvalue weighted by Gasteiger charge is -2.28. The highest BCUT2D eigenvalue weighted by molar-refractivity contribution is 9.11. The topological polar surface area (TPSA) is 36.9 Å². The Balaban J connectivity index is 2.18. The standard InChI is InChI=1S/C27H34Br6O4/c1-15(2)34-11-19(28)13-36-25-21(30)7-17(8-22(25)31)27(5,6)18-9-23(32)26(24(33)10-18)37-14-20(29)12-35-16(3)4/h7-10,15-16,19-20H,11-14H2,1-6H3. The Morgan fingerprint density at radius 1 is 0.595 bits per heavy atom. The van der Waals surface area contributed by atoms with Crippen molar-refractivity contribution in [3.63, 3.8) is 0 Å². The van der Waals surface area contributed by atoms with Gasteiger partial charge in [-0.25, -0.2) is 0 Å². The van der Waals surface area contributed by atoms with Crippen molar-refractivity contribution < 1.29 is 18.9 Å². The van der Waals surface area contributed by atoms with E-state index in [4.69, 9.17) is 18.9 Å². The normalized spacial score (nSPS) is 13.8. The van der Waals surface area contributed by atoms with Crippen LogP contribution in [0.2, 0.25) is 0 Å². The fraction of sp³-hybridized carbons (Fsp3) is 0.556. The maximum Gasteiger partial charge on any atom is 0.147 e. The van der Waals surface area contributed by atoms with Gasteiger partial charge in [0.25, 0.3) is 0 Å². The molecular weight excluding hydrogens is 868 g/mol. The molecule has 2 unspecified atom stereocenters. The zero-order chi connectivity index (χ0) is 27.9. The first-order valence-corrected chi connectivity index (χ1v) is 17.0.